The van der Waals surface area contributed by atoms with E-state index in [0.717, 1.165) is 0 Å². The van der Waals surface area contributed by atoms with Gasteiger partial charge in [-0.1, -0.05) is 12.8 Å². The van der Waals surface area contributed by atoms with Crippen LogP contribution in [0.4, 0.5) is 0 Å². The van der Waals surface area contributed by atoms with Crippen molar-refractivity contribution in [2.45, 2.75) is 25.7 Å². The van der Waals surface area contributed by atoms with E-state index in [1.165, 1.54) is 38.8 Å². The maximum atomic E-state index is 3.89. The molecule has 0 radical (unpaired) electrons. The van der Waals surface area contributed by atoms with Crippen LogP contribution in [0.1, 0.15) is 25.7 Å². The molecule has 0 bridgehead atoms. The summed E-state index contributed by atoms with van der Waals surface area (Å²) in [7, 11) is 0. The van der Waals surface area contributed by atoms with E-state index in [0.29, 0.717) is 0 Å². The lowest BCUT2D eigenvalue weighted by molar-refractivity contribution is -0.574. The van der Waals surface area contributed by atoms with Crippen LogP contribution in [-0.2, 0) is 0 Å². The lowest BCUT2D eigenvalue weighted by Crippen LogP contribution is -2.67. The first-order chi connectivity index (χ1) is 3.89. The Balaban J connectivity index is 2.17. The van der Waals surface area contributed by atoms with Gasteiger partial charge in [0.1, 0.15) is 0 Å². The summed E-state index contributed by atoms with van der Waals surface area (Å²) in [6.07, 6.45) is 5.52. The van der Waals surface area contributed by atoms with Gasteiger partial charge in [-0.3, -0.25) is 5.84 Å². The minimum Gasteiger partial charge on any atom is -0.278 e. The van der Waals surface area contributed by atoms with E-state index in [9.17, 15) is 0 Å². The van der Waals surface area contributed by atoms with Crippen molar-refractivity contribution in [3.05, 3.63) is 0 Å². The zero-order valence-electron chi connectivity index (χ0n) is 5.40. The van der Waals surface area contributed by atoms with Gasteiger partial charge in [0, 0.05) is 13.1 Å². The Hall–Kier alpha value is -0.0800. The molecule has 2 heteroatoms. The van der Waals surface area contributed by atoms with Crippen molar-refractivity contribution in [3.8, 4) is 0 Å². The highest BCUT2D eigenvalue weighted by molar-refractivity contribution is 4.53. The van der Waals surface area contributed by atoms with E-state index in [4.69, 9.17) is 0 Å². The number of quaternary nitrogens is 1. The molecular formula is C6H15N2+. The Bertz CT molecular complexity index is 55.5. The predicted octanol–water partition coefficient (Wildman–Crippen LogP) is 0.0193. The zero-order valence-corrected chi connectivity index (χ0v) is 5.40. The second-order valence-corrected chi connectivity index (χ2v) is 2.53. The number of rotatable bonds is 0. The molecule has 0 aliphatic carbocycles. The van der Waals surface area contributed by atoms with Crippen LogP contribution in [0.15, 0.2) is 0 Å². The third-order valence-electron chi connectivity index (χ3n) is 1.70. The summed E-state index contributed by atoms with van der Waals surface area (Å²) in [5.74, 6) is 3.89. The normalized spacial score (nSPS) is 25.1. The van der Waals surface area contributed by atoms with Crippen LogP contribution in [0.5, 0.6) is 0 Å². The molecule has 0 atom stereocenters. The maximum Gasteiger partial charge on any atom is 0.0473 e. The Morgan fingerprint density at radius 3 is 1.88 bits per heavy atom. The van der Waals surface area contributed by atoms with E-state index < -0.39 is 0 Å². The van der Waals surface area contributed by atoms with Gasteiger partial charge in [-0.2, -0.15) is 5.01 Å². The fourth-order valence-electron chi connectivity index (χ4n) is 1.14. The van der Waals surface area contributed by atoms with Crippen LogP contribution in [0.2, 0.25) is 0 Å². The molecule has 48 valence electrons. The van der Waals surface area contributed by atoms with Gasteiger partial charge in [-0.15, -0.1) is 0 Å². The van der Waals surface area contributed by atoms with Crippen molar-refractivity contribution >= 4 is 0 Å². The molecule has 0 amide bonds. The van der Waals surface area contributed by atoms with Crippen LogP contribution < -0.4 is 5.84 Å². The molecule has 2 nitrogen and oxygen atoms in total. The van der Waals surface area contributed by atoms with Crippen LogP contribution in [0.3, 0.4) is 0 Å². The van der Waals surface area contributed by atoms with Crippen LogP contribution in [-0.4, -0.2) is 18.1 Å². The largest absolute Gasteiger partial charge is 0.278 e. The van der Waals surface area contributed by atoms with Gasteiger partial charge in [0.2, 0.25) is 0 Å². The van der Waals surface area contributed by atoms with Crippen molar-refractivity contribution in [1.29, 1.82) is 0 Å². The molecule has 0 saturated carbocycles. The Morgan fingerprint density at radius 1 is 0.875 bits per heavy atom. The molecule has 3 N–H and O–H groups in total. The van der Waals surface area contributed by atoms with Crippen molar-refractivity contribution < 1.29 is 5.84 Å². The van der Waals surface area contributed by atoms with Gasteiger partial charge in [0.25, 0.3) is 0 Å². The summed E-state index contributed by atoms with van der Waals surface area (Å²) in [4.78, 5) is 0. The van der Waals surface area contributed by atoms with Crippen LogP contribution in [0.25, 0.3) is 0 Å². The Morgan fingerprint density at radius 2 is 1.38 bits per heavy atom. The first-order valence-corrected chi connectivity index (χ1v) is 3.45. The molecule has 1 rings (SSSR count). The highest BCUT2D eigenvalue weighted by atomic mass is 15.4. The quantitative estimate of drug-likeness (QED) is 0.474. The molecule has 1 aliphatic heterocycles. The lowest BCUT2D eigenvalue weighted by Gasteiger charge is -2.05. The molecule has 0 aromatic heterocycles. The predicted molar refractivity (Wildman–Crippen MR) is 32.9 cm³/mol. The van der Waals surface area contributed by atoms with E-state index in [1.807, 2.05) is 0 Å². The number of hydrogen-bond acceptors (Lipinski definition) is 1. The number of nitrogens with zero attached hydrogens (tertiary/aromatic N) is 1. The first-order valence-electron chi connectivity index (χ1n) is 3.45. The monoisotopic (exact) mass is 115 g/mol. The minimum absolute atomic E-state index is 1.21. The summed E-state index contributed by atoms with van der Waals surface area (Å²) >= 11 is 0. The lowest BCUT2D eigenvalue weighted by atomic mass is 10.2. The average Bonchev–Trinajstić information content (AvgIpc) is 1.94. The van der Waals surface area contributed by atoms with Gasteiger partial charge in [-0.25, -0.2) is 0 Å². The second kappa shape index (κ2) is 3.05. The molecule has 1 heterocycles. The molecule has 0 unspecified atom stereocenters. The average molecular weight is 115 g/mol. The zero-order chi connectivity index (χ0) is 5.82. The third kappa shape index (κ3) is 1.80. The summed E-state index contributed by atoms with van der Waals surface area (Å²) < 4.78 is 0. The summed E-state index contributed by atoms with van der Waals surface area (Å²) in [6.45, 7) is 2.42. The molecule has 1 aliphatic rings. The van der Waals surface area contributed by atoms with Gasteiger partial charge >= 0.3 is 0 Å². The molecule has 8 heavy (non-hydrogen) atoms. The van der Waals surface area contributed by atoms with Gasteiger partial charge < -0.3 is 0 Å². The van der Waals surface area contributed by atoms with Crippen LogP contribution >= 0.6 is 0 Å². The Kier molecular flexibility index (Phi) is 2.30. The molecular weight excluding hydrogens is 100 g/mol. The molecule has 0 spiro atoms. The topological polar surface area (TPSA) is 30.9 Å². The van der Waals surface area contributed by atoms with E-state index in [1.54, 1.807) is 0 Å². The summed E-state index contributed by atoms with van der Waals surface area (Å²) in [5.41, 5.74) is 0. The fourth-order valence-corrected chi connectivity index (χ4v) is 1.14. The highest BCUT2D eigenvalue weighted by Gasteiger charge is 2.04. The maximum absolute atomic E-state index is 3.89. The molecule has 1 fully saturated rings. The SMILES string of the molecule is [NH3+]N1CCCCCC1. The minimum atomic E-state index is 1.21. The van der Waals surface area contributed by atoms with Crippen molar-refractivity contribution in [3.63, 3.8) is 0 Å². The van der Waals surface area contributed by atoms with E-state index in [2.05, 4.69) is 10.9 Å². The van der Waals surface area contributed by atoms with Gasteiger partial charge in [-0.05, 0) is 12.8 Å². The van der Waals surface area contributed by atoms with Gasteiger partial charge in [0.15, 0.2) is 0 Å². The highest BCUT2D eigenvalue weighted by Crippen LogP contribution is 2.04. The van der Waals surface area contributed by atoms with Gasteiger partial charge in [0.05, 0.1) is 0 Å². The van der Waals surface area contributed by atoms with Crippen molar-refractivity contribution in [2.75, 3.05) is 13.1 Å². The summed E-state index contributed by atoms with van der Waals surface area (Å²) in [5, 5.41) is 2.17. The van der Waals surface area contributed by atoms with E-state index in [-0.39, 0.29) is 0 Å². The Labute approximate surface area is 50.6 Å². The molecule has 0 aromatic rings. The fraction of sp³-hybridized carbons (Fsp3) is 1.00. The van der Waals surface area contributed by atoms with E-state index >= 15 is 0 Å². The van der Waals surface area contributed by atoms with Crippen molar-refractivity contribution in [2.24, 2.45) is 0 Å². The summed E-state index contributed by atoms with van der Waals surface area (Å²) in [6, 6.07) is 0. The third-order valence-corrected chi connectivity index (χ3v) is 1.70. The first kappa shape index (κ1) is 6.05. The number of hydrogen-bond donors (Lipinski definition) is 1. The van der Waals surface area contributed by atoms with Crippen molar-refractivity contribution in [1.82, 2.24) is 5.01 Å². The smallest absolute Gasteiger partial charge is 0.0473 e. The molecule has 1 saturated heterocycles. The second-order valence-electron chi connectivity index (χ2n) is 2.53. The standard InChI is InChI=1S/C6H14N2/c7-8-5-3-1-2-4-6-8/h1-7H2/p+1. The van der Waals surface area contributed by atoms with Crippen LogP contribution in [0, 0.1) is 0 Å². The molecule has 0 aromatic carbocycles.